The first-order valence-corrected chi connectivity index (χ1v) is 7.05. The Labute approximate surface area is 112 Å². The van der Waals surface area contributed by atoms with Gasteiger partial charge in [0, 0.05) is 27.0 Å². The molecule has 0 bridgehead atoms. The zero-order chi connectivity index (χ0) is 11.8. The Morgan fingerprint density at radius 1 is 1.35 bits per heavy atom. The largest absolute Gasteiger partial charge is 0.341 e. The van der Waals surface area contributed by atoms with Crippen LogP contribution in [0.3, 0.4) is 0 Å². The van der Waals surface area contributed by atoms with Gasteiger partial charge in [-0.25, -0.2) is 4.98 Å². The number of benzene rings is 1. The Morgan fingerprint density at radius 2 is 2.24 bits per heavy atom. The average molecular weight is 307 g/mol. The van der Waals surface area contributed by atoms with Crippen LogP contribution in [0.5, 0.6) is 0 Å². The molecule has 0 N–H and O–H groups in total. The fourth-order valence-corrected chi connectivity index (χ4v) is 2.95. The Hall–Kier alpha value is -1.13. The highest BCUT2D eigenvalue weighted by molar-refractivity contribution is 9.10. The van der Waals surface area contributed by atoms with Crippen molar-refractivity contribution in [2.75, 3.05) is 0 Å². The van der Waals surface area contributed by atoms with Crippen LogP contribution in [-0.4, -0.2) is 9.55 Å². The van der Waals surface area contributed by atoms with Crippen LogP contribution in [0.25, 0.3) is 10.9 Å². The fraction of sp³-hybridized carbons (Fsp3) is 0.154. The third-order valence-electron chi connectivity index (χ3n) is 2.73. The lowest BCUT2D eigenvalue weighted by Crippen LogP contribution is -1.97. The van der Waals surface area contributed by atoms with Gasteiger partial charge in [0.05, 0.1) is 17.2 Å². The van der Waals surface area contributed by atoms with Gasteiger partial charge < -0.3 is 4.57 Å². The third-order valence-corrected chi connectivity index (χ3v) is 4.05. The average Bonchev–Trinajstić information content (AvgIpc) is 2.86. The molecule has 1 aromatic carbocycles. The molecule has 0 amide bonds. The first-order chi connectivity index (χ1) is 8.22. The summed E-state index contributed by atoms with van der Waals surface area (Å²) in [5.41, 5.74) is 2.38. The summed E-state index contributed by atoms with van der Waals surface area (Å²) in [7, 11) is 0. The number of hydrogen-bond acceptors (Lipinski definition) is 2. The van der Waals surface area contributed by atoms with Crippen molar-refractivity contribution in [3.8, 4) is 0 Å². The van der Waals surface area contributed by atoms with E-state index in [0.717, 1.165) is 21.7 Å². The molecule has 0 aliphatic rings. The lowest BCUT2D eigenvalue weighted by molar-refractivity contribution is 0.812. The van der Waals surface area contributed by atoms with Crippen molar-refractivity contribution in [3.63, 3.8) is 0 Å². The quantitative estimate of drug-likeness (QED) is 0.693. The summed E-state index contributed by atoms with van der Waals surface area (Å²) in [5, 5.41) is 4.51. The molecule has 0 fully saturated rings. The van der Waals surface area contributed by atoms with E-state index in [1.165, 1.54) is 10.9 Å². The van der Waals surface area contributed by atoms with Crippen LogP contribution >= 0.6 is 27.3 Å². The van der Waals surface area contributed by atoms with Gasteiger partial charge >= 0.3 is 0 Å². The van der Waals surface area contributed by atoms with Crippen molar-refractivity contribution in [2.24, 2.45) is 0 Å². The van der Waals surface area contributed by atoms with Crippen LogP contribution in [0.1, 0.15) is 10.7 Å². The van der Waals surface area contributed by atoms with E-state index in [1.807, 2.05) is 6.92 Å². The Bertz CT molecular complexity index is 669. The van der Waals surface area contributed by atoms with Gasteiger partial charge in [0.2, 0.25) is 0 Å². The molecule has 3 aromatic rings. The lowest BCUT2D eigenvalue weighted by Gasteiger charge is -2.02. The van der Waals surface area contributed by atoms with Crippen molar-refractivity contribution >= 4 is 38.2 Å². The molecular formula is C13H11BrN2S. The zero-order valence-corrected chi connectivity index (χ0v) is 11.8. The minimum Gasteiger partial charge on any atom is -0.341 e. The summed E-state index contributed by atoms with van der Waals surface area (Å²) in [5.74, 6) is 0. The highest BCUT2D eigenvalue weighted by atomic mass is 79.9. The molecule has 17 heavy (non-hydrogen) atoms. The van der Waals surface area contributed by atoms with Gasteiger partial charge in [-0.05, 0) is 31.2 Å². The Morgan fingerprint density at radius 3 is 3.00 bits per heavy atom. The molecule has 3 rings (SSSR count). The molecule has 2 nitrogen and oxygen atoms in total. The van der Waals surface area contributed by atoms with Gasteiger partial charge in [0.25, 0.3) is 0 Å². The molecule has 0 atom stereocenters. The van der Waals surface area contributed by atoms with Crippen LogP contribution in [0.15, 0.2) is 40.3 Å². The second-order valence-corrected chi connectivity index (χ2v) is 5.98. The molecule has 0 aliphatic heterocycles. The maximum atomic E-state index is 4.50. The van der Waals surface area contributed by atoms with E-state index in [0.29, 0.717) is 0 Å². The molecule has 0 aliphatic carbocycles. The number of hydrogen-bond donors (Lipinski definition) is 0. The van der Waals surface area contributed by atoms with Gasteiger partial charge in [-0.15, -0.1) is 11.3 Å². The summed E-state index contributed by atoms with van der Waals surface area (Å²) in [6.45, 7) is 2.88. The molecule has 0 spiro atoms. The number of halogens is 1. The number of thiazole rings is 1. The van der Waals surface area contributed by atoms with Crippen LogP contribution in [0.4, 0.5) is 0 Å². The summed E-state index contributed by atoms with van der Waals surface area (Å²) in [6.07, 6.45) is 2.12. The zero-order valence-electron chi connectivity index (χ0n) is 9.35. The lowest BCUT2D eigenvalue weighted by atomic mass is 10.2. The number of nitrogens with zero attached hydrogens (tertiary/aromatic N) is 2. The first kappa shape index (κ1) is 11.0. The van der Waals surface area contributed by atoms with E-state index in [2.05, 4.69) is 61.3 Å². The highest BCUT2D eigenvalue weighted by Gasteiger charge is 2.04. The second-order valence-electron chi connectivity index (χ2n) is 4.00. The smallest absolute Gasteiger partial charge is 0.0898 e. The summed E-state index contributed by atoms with van der Waals surface area (Å²) >= 11 is 5.19. The summed E-state index contributed by atoms with van der Waals surface area (Å²) < 4.78 is 3.35. The highest BCUT2D eigenvalue weighted by Crippen LogP contribution is 2.22. The predicted molar refractivity (Wildman–Crippen MR) is 75.6 cm³/mol. The van der Waals surface area contributed by atoms with Crippen LogP contribution in [0, 0.1) is 6.92 Å². The van der Waals surface area contributed by atoms with Gasteiger partial charge in [-0.1, -0.05) is 15.9 Å². The maximum absolute atomic E-state index is 4.50. The molecular weight excluding hydrogens is 296 g/mol. The topological polar surface area (TPSA) is 17.8 Å². The molecule has 4 heteroatoms. The third kappa shape index (κ3) is 2.15. The minimum absolute atomic E-state index is 0.843. The van der Waals surface area contributed by atoms with Crippen molar-refractivity contribution in [1.29, 1.82) is 0 Å². The molecule has 0 saturated heterocycles. The summed E-state index contributed by atoms with van der Waals surface area (Å²) in [4.78, 5) is 4.50. The van der Waals surface area contributed by atoms with Gasteiger partial charge in [0.1, 0.15) is 0 Å². The molecule has 0 radical (unpaired) electrons. The van der Waals surface area contributed by atoms with E-state index in [-0.39, 0.29) is 0 Å². The van der Waals surface area contributed by atoms with Gasteiger partial charge in [-0.3, -0.25) is 0 Å². The second kappa shape index (κ2) is 4.27. The summed E-state index contributed by atoms with van der Waals surface area (Å²) in [6, 6.07) is 8.49. The molecule has 2 heterocycles. The van der Waals surface area contributed by atoms with Gasteiger partial charge in [-0.2, -0.15) is 0 Å². The maximum Gasteiger partial charge on any atom is 0.0898 e. The number of fused-ring (bicyclic) bond motifs is 1. The minimum atomic E-state index is 0.843. The number of rotatable bonds is 2. The fourth-order valence-electron chi connectivity index (χ4n) is 1.96. The Kier molecular flexibility index (Phi) is 2.76. The first-order valence-electron chi connectivity index (χ1n) is 5.38. The van der Waals surface area contributed by atoms with E-state index in [9.17, 15) is 0 Å². The number of aryl methyl sites for hydroxylation is 1. The monoisotopic (exact) mass is 306 g/mol. The molecule has 0 saturated carbocycles. The van der Waals surface area contributed by atoms with Crippen molar-refractivity contribution < 1.29 is 0 Å². The Balaban J connectivity index is 2.00. The molecule has 86 valence electrons. The van der Waals surface area contributed by atoms with Crippen molar-refractivity contribution in [1.82, 2.24) is 9.55 Å². The van der Waals surface area contributed by atoms with E-state index in [4.69, 9.17) is 0 Å². The van der Waals surface area contributed by atoms with Gasteiger partial charge in [0.15, 0.2) is 0 Å². The van der Waals surface area contributed by atoms with Crippen molar-refractivity contribution in [3.05, 3.63) is 51.0 Å². The van der Waals surface area contributed by atoms with Crippen LogP contribution in [0.2, 0.25) is 0 Å². The normalized spacial score (nSPS) is 11.2. The van der Waals surface area contributed by atoms with Crippen LogP contribution < -0.4 is 0 Å². The van der Waals surface area contributed by atoms with Crippen molar-refractivity contribution in [2.45, 2.75) is 13.5 Å². The number of aromatic nitrogens is 2. The van der Waals surface area contributed by atoms with E-state index < -0.39 is 0 Å². The predicted octanol–water partition coefficient (Wildman–Crippen LogP) is 4.22. The van der Waals surface area contributed by atoms with Crippen LogP contribution in [-0.2, 0) is 6.54 Å². The van der Waals surface area contributed by atoms with E-state index >= 15 is 0 Å². The SMILES string of the molecule is Cc1nc(Cn2ccc3cc(Br)ccc32)cs1. The van der Waals surface area contributed by atoms with E-state index in [1.54, 1.807) is 11.3 Å². The standard InChI is InChI=1S/C13H11BrN2S/c1-9-15-12(8-17-9)7-16-5-4-10-6-11(14)2-3-13(10)16/h2-6,8H,7H2,1H3. The molecule has 0 unspecified atom stereocenters. The molecule has 2 aromatic heterocycles.